The summed E-state index contributed by atoms with van der Waals surface area (Å²) in [5.74, 6) is 0.187. The van der Waals surface area contributed by atoms with E-state index in [1.807, 2.05) is 0 Å². The fraction of sp³-hybridized carbons (Fsp3) is 0.231. The number of amides is 1. The SMILES string of the molecule is Cc1nccn1CC(=O)Nc1ccc(N)c(C(F)(F)F)c1. The monoisotopic (exact) mass is 298 g/mol. The molecule has 1 aromatic heterocycles. The van der Waals surface area contributed by atoms with Gasteiger partial charge in [0.05, 0.1) is 5.56 Å². The quantitative estimate of drug-likeness (QED) is 0.855. The van der Waals surface area contributed by atoms with Crippen molar-refractivity contribution >= 4 is 17.3 Å². The second-order valence-corrected chi connectivity index (χ2v) is 4.45. The van der Waals surface area contributed by atoms with Crippen LogP contribution in [-0.4, -0.2) is 15.5 Å². The van der Waals surface area contributed by atoms with E-state index in [9.17, 15) is 18.0 Å². The van der Waals surface area contributed by atoms with E-state index in [-0.39, 0.29) is 17.9 Å². The van der Waals surface area contributed by atoms with Crippen LogP contribution >= 0.6 is 0 Å². The molecule has 21 heavy (non-hydrogen) atoms. The Balaban J connectivity index is 2.13. The van der Waals surface area contributed by atoms with Crippen LogP contribution in [-0.2, 0) is 17.5 Å². The zero-order chi connectivity index (χ0) is 15.6. The van der Waals surface area contributed by atoms with E-state index in [2.05, 4.69) is 10.3 Å². The number of nitrogens with zero attached hydrogens (tertiary/aromatic N) is 2. The molecule has 5 nitrogen and oxygen atoms in total. The molecule has 2 rings (SSSR count). The van der Waals surface area contributed by atoms with Crippen LogP contribution in [0.15, 0.2) is 30.6 Å². The van der Waals surface area contributed by atoms with Gasteiger partial charge in [0, 0.05) is 23.8 Å². The van der Waals surface area contributed by atoms with Crippen molar-refractivity contribution < 1.29 is 18.0 Å². The Morgan fingerprint density at radius 1 is 1.43 bits per heavy atom. The molecule has 8 heteroatoms. The summed E-state index contributed by atoms with van der Waals surface area (Å²) in [5, 5.41) is 2.40. The third-order valence-electron chi connectivity index (χ3n) is 2.88. The summed E-state index contributed by atoms with van der Waals surface area (Å²) in [6.45, 7) is 1.69. The minimum Gasteiger partial charge on any atom is -0.398 e. The first-order valence-electron chi connectivity index (χ1n) is 6.01. The average molecular weight is 298 g/mol. The molecule has 0 aliphatic carbocycles. The lowest BCUT2D eigenvalue weighted by atomic mass is 10.1. The van der Waals surface area contributed by atoms with Gasteiger partial charge in [-0.05, 0) is 25.1 Å². The molecular weight excluding hydrogens is 285 g/mol. The third-order valence-corrected chi connectivity index (χ3v) is 2.88. The number of carbonyl (C=O) groups excluding carboxylic acids is 1. The van der Waals surface area contributed by atoms with Crippen LogP contribution in [0.1, 0.15) is 11.4 Å². The number of nitrogens with one attached hydrogen (secondary N) is 1. The Kier molecular flexibility index (Phi) is 3.88. The molecule has 1 heterocycles. The molecule has 0 atom stereocenters. The Morgan fingerprint density at radius 3 is 2.71 bits per heavy atom. The predicted octanol–water partition coefficient (Wildman–Crippen LogP) is 2.43. The molecule has 0 spiro atoms. The fourth-order valence-electron chi connectivity index (χ4n) is 1.81. The number of carbonyl (C=O) groups is 1. The Morgan fingerprint density at radius 2 is 2.14 bits per heavy atom. The van der Waals surface area contributed by atoms with Crippen molar-refractivity contribution in [3.8, 4) is 0 Å². The highest BCUT2D eigenvalue weighted by Crippen LogP contribution is 2.35. The van der Waals surface area contributed by atoms with Gasteiger partial charge in [-0.15, -0.1) is 0 Å². The minimum absolute atomic E-state index is 0.0302. The molecule has 112 valence electrons. The highest BCUT2D eigenvalue weighted by Gasteiger charge is 2.33. The van der Waals surface area contributed by atoms with E-state index in [1.165, 1.54) is 12.3 Å². The number of halogens is 3. The van der Waals surface area contributed by atoms with Gasteiger partial charge >= 0.3 is 6.18 Å². The highest BCUT2D eigenvalue weighted by atomic mass is 19.4. The van der Waals surface area contributed by atoms with Crippen LogP contribution < -0.4 is 11.1 Å². The molecule has 1 amide bonds. The minimum atomic E-state index is -4.56. The van der Waals surface area contributed by atoms with Crippen LogP contribution in [0.5, 0.6) is 0 Å². The third kappa shape index (κ3) is 3.53. The number of alkyl halides is 3. The van der Waals surface area contributed by atoms with E-state index in [1.54, 1.807) is 17.7 Å². The smallest absolute Gasteiger partial charge is 0.398 e. The summed E-state index contributed by atoms with van der Waals surface area (Å²) < 4.78 is 39.7. The second-order valence-electron chi connectivity index (χ2n) is 4.45. The number of nitrogens with two attached hydrogens (primary N) is 1. The number of anilines is 2. The Labute approximate surface area is 118 Å². The first-order valence-corrected chi connectivity index (χ1v) is 6.01. The largest absolute Gasteiger partial charge is 0.418 e. The lowest BCUT2D eigenvalue weighted by Crippen LogP contribution is -2.19. The Bertz CT molecular complexity index is 664. The molecule has 0 saturated carbocycles. The number of benzene rings is 1. The van der Waals surface area contributed by atoms with Crippen molar-refractivity contribution in [3.63, 3.8) is 0 Å². The number of aryl methyl sites for hydroxylation is 1. The van der Waals surface area contributed by atoms with Gasteiger partial charge in [0.15, 0.2) is 0 Å². The maximum atomic E-state index is 12.7. The lowest BCUT2D eigenvalue weighted by Gasteiger charge is -2.13. The summed E-state index contributed by atoms with van der Waals surface area (Å²) in [7, 11) is 0. The molecule has 0 unspecified atom stereocenters. The highest BCUT2D eigenvalue weighted by molar-refractivity contribution is 5.91. The van der Waals surface area contributed by atoms with Crippen LogP contribution in [0.2, 0.25) is 0 Å². The first kappa shape index (κ1) is 14.9. The summed E-state index contributed by atoms with van der Waals surface area (Å²) >= 11 is 0. The van der Waals surface area contributed by atoms with Gasteiger partial charge in [-0.1, -0.05) is 0 Å². The topological polar surface area (TPSA) is 72.9 Å². The number of rotatable bonds is 3. The maximum Gasteiger partial charge on any atom is 0.418 e. The van der Waals surface area contributed by atoms with E-state index in [0.717, 1.165) is 12.1 Å². The molecule has 3 N–H and O–H groups in total. The van der Waals surface area contributed by atoms with Crippen LogP contribution in [0, 0.1) is 6.92 Å². The van der Waals surface area contributed by atoms with E-state index >= 15 is 0 Å². The zero-order valence-electron chi connectivity index (χ0n) is 11.1. The van der Waals surface area contributed by atoms with Crippen LogP contribution in [0.4, 0.5) is 24.5 Å². The summed E-state index contributed by atoms with van der Waals surface area (Å²) in [4.78, 5) is 15.8. The van der Waals surface area contributed by atoms with Gasteiger partial charge in [-0.2, -0.15) is 13.2 Å². The predicted molar refractivity (Wildman–Crippen MR) is 71.5 cm³/mol. The molecule has 2 aromatic rings. The van der Waals surface area contributed by atoms with Gasteiger partial charge in [0.25, 0.3) is 0 Å². The summed E-state index contributed by atoms with van der Waals surface area (Å²) in [6.07, 6.45) is -1.42. The normalized spacial score (nSPS) is 11.4. The van der Waals surface area contributed by atoms with Gasteiger partial charge in [0.2, 0.25) is 5.91 Å². The molecule has 0 bridgehead atoms. The van der Waals surface area contributed by atoms with Gasteiger partial charge in [-0.3, -0.25) is 4.79 Å². The molecule has 0 radical (unpaired) electrons. The summed E-state index contributed by atoms with van der Waals surface area (Å²) in [6, 6.07) is 3.25. The number of hydrogen-bond donors (Lipinski definition) is 2. The van der Waals surface area contributed by atoms with Crippen LogP contribution in [0.3, 0.4) is 0 Å². The van der Waals surface area contributed by atoms with Crippen molar-refractivity contribution in [1.29, 1.82) is 0 Å². The van der Waals surface area contributed by atoms with Crippen molar-refractivity contribution in [3.05, 3.63) is 42.0 Å². The van der Waals surface area contributed by atoms with Gasteiger partial charge in [-0.25, -0.2) is 4.98 Å². The second kappa shape index (κ2) is 5.47. The standard InChI is InChI=1S/C13H13F3N4O/c1-8-18-4-5-20(8)7-12(21)19-9-2-3-11(17)10(6-9)13(14,15)16/h2-6H,7,17H2,1H3,(H,19,21). The molecule has 0 fully saturated rings. The summed E-state index contributed by atoms with van der Waals surface area (Å²) in [5.41, 5.74) is 3.98. The fourth-order valence-corrected chi connectivity index (χ4v) is 1.81. The number of aromatic nitrogens is 2. The molecule has 0 saturated heterocycles. The molecule has 1 aromatic carbocycles. The Hall–Kier alpha value is -2.51. The van der Waals surface area contributed by atoms with Gasteiger partial charge < -0.3 is 15.6 Å². The number of hydrogen-bond acceptors (Lipinski definition) is 3. The van der Waals surface area contributed by atoms with E-state index in [0.29, 0.717) is 5.82 Å². The van der Waals surface area contributed by atoms with Crippen molar-refractivity contribution in [1.82, 2.24) is 9.55 Å². The van der Waals surface area contributed by atoms with Crippen LogP contribution in [0.25, 0.3) is 0 Å². The van der Waals surface area contributed by atoms with Gasteiger partial charge in [0.1, 0.15) is 12.4 Å². The first-order chi connectivity index (χ1) is 9.77. The maximum absolute atomic E-state index is 12.7. The van der Waals surface area contributed by atoms with E-state index < -0.39 is 17.6 Å². The number of nitrogen functional groups attached to an aromatic ring is 1. The van der Waals surface area contributed by atoms with Crippen molar-refractivity contribution in [2.24, 2.45) is 0 Å². The molecule has 0 aliphatic rings. The average Bonchev–Trinajstić information content (AvgIpc) is 2.76. The van der Waals surface area contributed by atoms with Crippen molar-refractivity contribution in [2.75, 3.05) is 11.1 Å². The lowest BCUT2D eigenvalue weighted by molar-refractivity contribution is -0.136. The molecular formula is C13H13F3N4O. The van der Waals surface area contributed by atoms with E-state index in [4.69, 9.17) is 5.73 Å². The zero-order valence-corrected chi connectivity index (χ0v) is 11.1. The molecule has 0 aliphatic heterocycles. The number of imidazole rings is 1. The van der Waals surface area contributed by atoms with Crippen molar-refractivity contribution in [2.45, 2.75) is 19.6 Å².